The van der Waals surface area contributed by atoms with Crippen molar-refractivity contribution in [3.05, 3.63) is 39.6 Å². The Morgan fingerprint density at radius 1 is 1.12 bits per heavy atom. The van der Waals surface area contributed by atoms with E-state index in [0.717, 1.165) is 16.7 Å². The highest BCUT2D eigenvalue weighted by Gasteiger charge is 2.04. The number of thiophene rings is 2. The van der Waals surface area contributed by atoms with Crippen LogP contribution >= 0.6 is 34.3 Å². The lowest BCUT2D eigenvalue weighted by Gasteiger charge is -1.95. The molecule has 0 aliphatic heterocycles. The van der Waals surface area contributed by atoms with E-state index in [2.05, 4.69) is 44.2 Å². The molecular formula is C14H15ClS2. The van der Waals surface area contributed by atoms with Crippen LogP contribution in [0.1, 0.15) is 25.1 Å². The van der Waals surface area contributed by atoms with Gasteiger partial charge in [0.2, 0.25) is 0 Å². The molecule has 0 aliphatic rings. The average Bonchev–Trinajstić information content (AvgIpc) is 2.86. The molecule has 0 saturated carbocycles. The first-order valence-corrected chi connectivity index (χ1v) is 7.68. The fourth-order valence-electron chi connectivity index (χ4n) is 1.48. The van der Waals surface area contributed by atoms with E-state index in [1.165, 1.54) is 14.6 Å². The van der Waals surface area contributed by atoms with Crippen LogP contribution in [0.5, 0.6) is 0 Å². The van der Waals surface area contributed by atoms with E-state index >= 15 is 0 Å². The van der Waals surface area contributed by atoms with Gasteiger partial charge < -0.3 is 0 Å². The predicted molar refractivity (Wildman–Crippen MR) is 81.1 cm³/mol. The maximum Gasteiger partial charge on any atom is 0.0935 e. The Balaban J connectivity index is 2.08. The lowest BCUT2D eigenvalue weighted by molar-refractivity contribution is 0.665. The van der Waals surface area contributed by atoms with Crippen molar-refractivity contribution >= 4 is 40.4 Å². The first kappa shape index (κ1) is 12.9. The van der Waals surface area contributed by atoms with Crippen LogP contribution in [0.25, 0.3) is 15.8 Å². The van der Waals surface area contributed by atoms with E-state index in [1.54, 1.807) is 11.3 Å². The quantitative estimate of drug-likeness (QED) is 0.627. The molecule has 0 saturated heterocycles. The van der Waals surface area contributed by atoms with Gasteiger partial charge in [-0.15, -0.1) is 22.7 Å². The summed E-state index contributed by atoms with van der Waals surface area (Å²) in [5.74, 6) is 0.724. The van der Waals surface area contributed by atoms with Gasteiger partial charge in [-0.25, -0.2) is 0 Å². The molecule has 90 valence electrons. The van der Waals surface area contributed by atoms with Gasteiger partial charge in [-0.1, -0.05) is 31.5 Å². The van der Waals surface area contributed by atoms with Crippen molar-refractivity contribution in [3.63, 3.8) is 0 Å². The van der Waals surface area contributed by atoms with Gasteiger partial charge in [0, 0.05) is 14.6 Å². The smallest absolute Gasteiger partial charge is 0.0935 e. The molecule has 0 unspecified atom stereocenters. The third-order valence-electron chi connectivity index (χ3n) is 2.33. The minimum Gasteiger partial charge on any atom is -0.135 e. The molecule has 0 aromatic carbocycles. The minimum absolute atomic E-state index is 0.724. The molecule has 0 N–H and O–H groups in total. The molecule has 0 radical (unpaired) electrons. The predicted octanol–water partition coefficient (Wildman–Crippen LogP) is 6.19. The number of rotatable bonds is 4. The van der Waals surface area contributed by atoms with Crippen molar-refractivity contribution in [1.82, 2.24) is 0 Å². The van der Waals surface area contributed by atoms with Crippen LogP contribution in [0.3, 0.4) is 0 Å². The molecule has 0 amide bonds. The summed E-state index contributed by atoms with van der Waals surface area (Å²) in [6.45, 7) is 4.47. The Bertz CT molecular complexity index is 506. The summed E-state index contributed by atoms with van der Waals surface area (Å²) in [5.41, 5.74) is 0. The van der Waals surface area contributed by atoms with Crippen molar-refractivity contribution in [2.75, 3.05) is 0 Å². The maximum atomic E-state index is 5.94. The van der Waals surface area contributed by atoms with Crippen molar-refractivity contribution in [2.24, 2.45) is 5.92 Å². The van der Waals surface area contributed by atoms with Gasteiger partial charge in [0.05, 0.1) is 4.34 Å². The van der Waals surface area contributed by atoms with E-state index < -0.39 is 0 Å². The zero-order chi connectivity index (χ0) is 12.3. The molecular weight excluding hydrogens is 268 g/mol. The van der Waals surface area contributed by atoms with Gasteiger partial charge in [0.15, 0.2) is 0 Å². The third-order valence-corrected chi connectivity index (χ3v) is 4.81. The highest BCUT2D eigenvalue weighted by molar-refractivity contribution is 7.24. The highest BCUT2D eigenvalue weighted by Crippen LogP contribution is 2.35. The molecule has 0 atom stereocenters. The molecule has 0 fully saturated rings. The van der Waals surface area contributed by atoms with Gasteiger partial charge in [-0.05, 0) is 42.7 Å². The molecule has 3 heteroatoms. The minimum atomic E-state index is 0.724. The second-order valence-electron chi connectivity index (χ2n) is 4.34. The number of halogens is 1. The summed E-state index contributed by atoms with van der Waals surface area (Å²) in [7, 11) is 0. The summed E-state index contributed by atoms with van der Waals surface area (Å²) in [6.07, 6.45) is 5.60. The second kappa shape index (κ2) is 5.85. The van der Waals surface area contributed by atoms with Gasteiger partial charge in [-0.3, -0.25) is 0 Å². The molecule has 0 nitrogen and oxygen atoms in total. The highest BCUT2D eigenvalue weighted by atomic mass is 35.5. The first-order valence-electron chi connectivity index (χ1n) is 5.67. The molecule has 0 spiro atoms. The Morgan fingerprint density at radius 2 is 1.82 bits per heavy atom. The zero-order valence-electron chi connectivity index (χ0n) is 9.94. The Hall–Kier alpha value is -0.570. The summed E-state index contributed by atoms with van der Waals surface area (Å²) < 4.78 is 0.852. The van der Waals surface area contributed by atoms with Gasteiger partial charge in [0.1, 0.15) is 0 Å². The molecule has 2 heterocycles. The molecule has 2 rings (SSSR count). The molecule has 0 aliphatic carbocycles. The van der Waals surface area contributed by atoms with E-state index in [4.69, 9.17) is 11.6 Å². The lowest BCUT2D eigenvalue weighted by Crippen LogP contribution is -1.80. The lowest BCUT2D eigenvalue weighted by atomic mass is 10.1. The zero-order valence-corrected chi connectivity index (χ0v) is 12.3. The second-order valence-corrected chi connectivity index (χ2v) is 7.17. The van der Waals surface area contributed by atoms with E-state index in [-0.39, 0.29) is 0 Å². The van der Waals surface area contributed by atoms with Gasteiger partial charge in [0.25, 0.3) is 0 Å². The summed E-state index contributed by atoms with van der Waals surface area (Å²) in [6, 6.07) is 8.38. The van der Waals surface area contributed by atoms with Crippen molar-refractivity contribution in [2.45, 2.75) is 20.3 Å². The molecule has 2 aromatic heterocycles. The van der Waals surface area contributed by atoms with Crippen LogP contribution < -0.4 is 0 Å². The van der Waals surface area contributed by atoms with E-state index in [1.807, 2.05) is 17.4 Å². The van der Waals surface area contributed by atoms with Crippen molar-refractivity contribution in [1.29, 1.82) is 0 Å². The number of hydrogen-bond donors (Lipinski definition) is 0. The van der Waals surface area contributed by atoms with Crippen LogP contribution in [0, 0.1) is 5.92 Å². The van der Waals surface area contributed by atoms with Crippen LogP contribution in [-0.2, 0) is 0 Å². The fraction of sp³-hybridized carbons (Fsp3) is 0.286. The number of allylic oxidation sites excluding steroid dienone is 1. The Kier molecular flexibility index (Phi) is 4.43. The molecule has 17 heavy (non-hydrogen) atoms. The van der Waals surface area contributed by atoms with Crippen LogP contribution in [-0.4, -0.2) is 0 Å². The summed E-state index contributed by atoms with van der Waals surface area (Å²) in [5, 5.41) is 0. The first-order chi connectivity index (χ1) is 8.15. The van der Waals surface area contributed by atoms with Crippen LogP contribution in [0.4, 0.5) is 0 Å². The maximum absolute atomic E-state index is 5.94. The normalized spacial score (nSPS) is 11.8. The third kappa shape index (κ3) is 3.70. The Morgan fingerprint density at radius 3 is 2.47 bits per heavy atom. The van der Waals surface area contributed by atoms with E-state index in [0.29, 0.717) is 0 Å². The average molecular weight is 283 g/mol. The molecule has 2 aromatic rings. The van der Waals surface area contributed by atoms with E-state index in [9.17, 15) is 0 Å². The van der Waals surface area contributed by atoms with Crippen molar-refractivity contribution < 1.29 is 0 Å². The van der Waals surface area contributed by atoms with Gasteiger partial charge in [-0.2, -0.15) is 0 Å². The van der Waals surface area contributed by atoms with Crippen LogP contribution in [0.2, 0.25) is 4.34 Å². The summed E-state index contributed by atoms with van der Waals surface area (Å²) >= 11 is 9.40. The Labute approximate surface area is 116 Å². The molecule has 0 bridgehead atoms. The van der Waals surface area contributed by atoms with Gasteiger partial charge >= 0.3 is 0 Å². The largest absolute Gasteiger partial charge is 0.135 e. The summed E-state index contributed by atoms with van der Waals surface area (Å²) in [4.78, 5) is 3.86. The monoisotopic (exact) mass is 282 g/mol. The topological polar surface area (TPSA) is 0 Å². The number of hydrogen-bond acceptors (Lipinski definition) is 2. The van der Waals surface area contributed by atoms with Crippen LogP contribution in [0.15, 0.2) is 30.3 Å². The van der Waals surface area contributed by atoms with Crippen molar-refractivity contribution in [3.8, 4) is 9.75 Å². The fourth-order valence-corrected chi connectivity index (χ4v) is 3.55. The SMILES string of the molecule is CC(C)C/C=C/c1ccc(-c2ccc(Cl)s2)s1. The standard InChI is InChI=1S/C14H15ClS2/c1-10(2)4-3-5-11-6-7-12(16-11)13-8-9-14(15)17-13/h3,5-10H,4H2,1-2H3/b5-3+.